The SMILES string of the molecule is CN(C)C(=NCCCN(Cc1ccc(-c2ccc(CN(Cc3ccccn3)Cc3ccccn3)cc2)cc1)Cc1cccc2ccccc12)N(C)C. The van der Waals surface area contributed by atoms with E-state index in [9.17, 15) is 0 Å². The lowest BCUT2D eigenvalue weighted by atomic mass is 10.0. The predicted octanol–water partition coefficient (Wildman–Crippen LogP) is 8.37. The molecule has 0 radical (unpaired) electrons. The zero-order chi connectivity index (χ0) is 36.1. The highest BCUT2D eigenvalue weighted by molar-refractivity contribution is 5.85. The number of guanidine groups is 1. The minimum atomic E-state index is 0.762. The van der Waals surface area contributed by atoms with E-state index in [1.54, 1.807) is 0 Å². The van der Waals surface area contributed by atoms with Crippen LogP contribution in [0.2, 0.25) is 0 Å². The maximum Gasteiger partial charge on any atom is 0.195 e. The van der Waals surface area contributed by atoms with Gasteiger partial charge in [0.2, 0.25) is 0 Å². The number of pyridine rings is 2. The van der Waals surface area contributed by atoms with E-state index in [1.165, 1.54) is 38.6 Å². The van der Waals surface area contributed by atoms with Gasteiger partial charge in [-0.2, -0.15) is 0 Å². The van der Waals surface area contributed by atoms with Crippen LogP contribution in [0, 0.1) is 0 Å². The third kappa shape index (κ3) is 10.3. The van der Waals surface area contributed by atoms with Gasteiger partial charge in [0.15, 0.2) is 5.96 Å². The molecule has 0 aliphatic carbocycles. The molecule has 6 rings (SSSR count). The van der Waals surface area contributed by atoms with Crippen LogP contribution < -0.4 is 0 Å². The van der Waals surface area contributed by atoms with Crippen LogP contribution in [0.5, 0.6) is 0 Å². The summed E-state index contributed by atoms with van der Waals surface area (Å²) in [6, 6.07) is 45.6. The molecule has 7 nitrogen and oxygen atoms in total. The van der Waals surface area contributed by atoms with Crippen molar-refractivity contribution in [3.05, 3.63) is 168 Å². The minimum absolute atomic E-state index is 0.762. The van der Waals surface area contributed by atoms with E-state index in [2.05, 4.69) is 133 Å². The number of aliphatic imine (C=N–C) groups is 1. The van der Waals surface area contributed by atoms with Crippen molar-refractivity contribution in [1.29, 1.82) is 0 Å². The molecule has 0 aliphatic heterocycles. The molecule has 0 amide bonds. The predicted molar refractivity (Wildman–Crippen MR) is 216 cm³/mol. The van der Waals surface area contributed by atoms with Gasteiger partial charge in [-0.25, -0.2) is 0 Å². The molecule has 0 N–H and O–H groups in total. The number of benzene rings is 4. The first-order valence-corrected chi connectivity index (χ1v) is 18.2. The number of nitrogens with zero attached hydrogens (tertiary/aromatic N) is 7. The van der Waals surface area contributed by atoms with Gasteiger partial charge in [-0.05, 0) is 69.3 Å². The first kappa shape index (κ1) is 36.4. The van der Waals surface area contributed by atoms with Crippen molar-refractivity contribution in [3.63, 3.8) is 0 Å². The normalized spacial score (nSPS) is 11.3. The molecule has 2 heterocycles. The summed E-state index contributed by atoms with van der Waals surface area (Å²) >= 11 is 0. The maximum absolute atomic E-state index is 4.90. The van der Waals surface area contributed by atoms with Crippen LogP contribution in [0.3, 0.4) is 0 Å². The van der Waals surface area contributed by atoms with Crippen molar-refractivity contribution in [3.8, 4) is 11.1 Å². The average Bonchev–Trinajstić information content (AvgIpc) is 3.16. The van der Waals surface area contributed by atoms with E-state index in [0.29, 0.717) is 0 Å². The summed E-state index contributed by atoms with van der Waals surface area (Å²) in [6.45, 7) is 5.86. The second-order valence-corrected chi connectivity index (χ2v) is 13.9. The molecule has 0 saturated carbocycles. The van der Waals surface area contributed by atoms with Crippen LogP contribution in [0.25, 0.3) is 21.9 Å². The van der Waals surface area contributed by atoms with Crippen LogP contribution in [0.1, 0.15) is 34.5 Å². The third-order valence-corrected chi connectivity index (χ3v) is 9.24. The van der Waals surface area contributed by atoms with Crippen molar-refractivity contribution in [2.45, 2.75) is 39.1 Å². The number of aromatic nitrogens is 2. The lowest BCUT2D eigenvalue weighted by molar-refractivity contribution is 0.242. The number of fused-ring (bicyclic) bond motifs is 1. The summed E-state index contributed by atoms with van der Waals surface area (Å²) in [5.41, 5.74) is 8.50. The van der Waals surface area contributed by atoms with E-state index in [1.807, 2.05) is 64.8 Å². The van der Waals surface area contributed by atoms with Crippen molar-refractivity contribution < 1.29 is 0 Å². The zero-order valence-corrected chi connectivity index (χ0v) is 31.1. The second-order valence-electron chi connectivity index (χ2n) is 13.9. The van der Waals surface area contributed by atoms with Crippen LogP contribution in [0.15, 0.2) is 145 Å². The van der Waals surface area contributed by atoms with Crippen LogP contribution >= 0.6 is 0 Å². The molecule has 0 fully saturated rings. The number of hydrogen-bond donors (Lipinski definition) is 0. The number of hydrogen-bond acceptors (Lipinski definition) is 5. The number of rotatable bonds is 15. The van der Waals surface area contributed by atoms with Crippen molar-refractivity contribution in [1.82, 2.24) is 29.6 Å². The highest BCUT2D eigenvalue weighted by Crippen LogP contribution is 2.24. The first-order chi connectivity index (χ1) is 25.4. The van der Waals surface area contributed by atoms with Crippen LogP contribution in [-0.2, 0) is 32.7 Å². The van der Waals surface area contributed by atoms with Crippen molar-refractivity contribution in [2.75, 3.05) is 41.3 Å². The van der Waals surface area contributed by atoms with Crippen molar-refractivity contribution >= 4 is 16.7 Å². The third-order valence-electron chi connectivity index (χ3n) is 9.24. The standard InChI is InChI=1S/C45H51N7/c1-49(2)45(50(3)4)48-29-12-30-51(33-41-15-11-14-40-13-5-6-18-44(40)41)31-36-19-23-38(24-20-36)39-25-21-37(22-26-39)32-52(34-42-16-7-9-27-46-42)35-43-17-8-10-28-47-43/h5-11,13-28H,12,29-35H2,1-4H3. The lowest BCUT2D eigenvalue weighted by Gasteiger charge is -2.25. The molecule has 0 bridgehead atoms. The highest BCUT2D eigenvalue weighted by atomic mass is 15.3. The van der Waals surface area contributed by atoms with E-state index in [4.69, 9.17) is 4.99 Å². The van der Waals surface area contributed by atoms with Gasteiger partial charge in [-0.3, -0.25) is 24.8 Å². The summed E-state index contributed by atoms with van der Waals surface area (Å²) < 4.78 is 0. The quantitative estimate of drug-likeness (QED) is 0.0614. The van der Waals surface area contributed by atoms with Gasteiger partial charge in [0, 0.05) is 86.4 Å². The van der Waals surface area contributed by atoms with Gasteiger partial charge in [0.05, 0.1) is 11.4 Å². The second kappa shape index (κ2) is 18.2. The largest absolute Gasteiger partial charge is 0.349 e. The van der Waals surface area contributed by atoms with Gasteiger partial charge in [-0.1, -0.05) is 103 Å². The fourth-order valence-electron chi connectivity index (χ4n) is 6.77. The van der Waals surface area contributed by atoms with Gasteiger partial charge < -0.3 is 9.80 Å². The molecule has 6 aromatic rings. The fraction of sp³-hybridized carbons (Fsp3) is 0.267. The van der Waals surface area contributed by atoms with Crippen LogP contribution in [0.4, 0.5) is 0 Å². The summed E-state index contributed by atoms with van der Waals surface area (Å²) in [6.07, 6.45) is 4.71. The minimum Gasteiger partial charge on any atom is -0.349 e. The molecular weight excluding hydrogens is 639 g/mol. The van der Waals surface area contributed by atoms with Gasteiger partial charge in [0.25, 0.3) is 0 Å². The Morgan fingerprint density at radius 2 is 1.06 bits per heavy atom. The Hall–Kier alpha value is -5.37. The molecule has 0 saturated heterocycles. The molecule has 0 atom stereocenters. The summed E-state index contributed by atoms with van der Waals surface area (Å²) in [5, 5.41) is 2.61. The molecule has 7 heteroatoms. The molecule has 2 aromatic heterocycles. The maximum atomic E-state index is 4.90. The Bertz CT molecular complexity index is 1930. The fourth-order valence-corrected chi connectivity index (χ4v) is 6.77. The van der Waals surface area contributed by atoms with Gasteiger partial charge in [0.1, 0.15) is 0 Å². The Labute approximate surface area is 309 Å². The molecule has 4 aromatic carbocycles. The Balaban J connectivity index is 1.13. The Morgan fingerprint density at radius 3 is 1.62 bits per heavy atom. The average molecular weight is 690 g/mol. The van der Waals surface area contributed by atoms with Crippen molar-refractivity contribution in [2.24, 2.45) is 4.99 Å². The Morgan fingerprint density at radius 1 is 0.519 bits per heavy atom. The van der Waals surface area contributed by atoms with E-state index in [-0.39, 0.29) is 0 Å². The van der Waals surface area contributed by atoms with Gasteiger partial charge >= 0.3 is 0 Å². The summed E-state index contributed by atoms with van der Waals surface area (Å²) in [7, 11) is 8.20. The monoisotopic (exact) mass is 689 g/mol. The van der Waals surface area contributed by atoms with Crippen LogP contribution in [-0.4, -0.2) is 76.8 Å². The van der Waals surface area contributed by atoms with E-state index >= 15 is 0 Å². The molecule has 52 heavy (non-hydrogen) atoms. The topological polar surface area (TPSA) is 51.1 Å². The highest BCUT2D eigenvalue weighted by Gasteiger charge is 2.13. The first-order valence-electron chi connectivity index (χ1n) is 18.2. The zero-order valence-electron chi connectivity index (χ0n) is 31.1. The lowest BCUT2D eigenvalue weighted by Crippen LogP contribution is -2.35. The molecule has 0 aliphatic rings. The molecule has 0 spiro atoms. The summed E-state index contributed by atoms with van der Waals surface area (Å²) in [5.74, 6) is 0.996. The molecular formula is C45H51N7. The molecule has 266 valence electrons. The van der Waals surface area contributed by atoms with Gasteiger partial charge in [-0.15, -0.1) is 0 Å². The Kier molecular flexibility index (Phi) is 12.8. The van der Waals surface area contributed by atoms with E-state index < -0.39 is 0 Å². The smallest absolute Gasteiger partial charge is 0.195 e. The molecule has 0 unspecified atom stereocenters. The van der Waals surface area contributed by atoms with E-state index in [0.717, 1.165) is 69.6 Å². The summed E-state index contributed by atoms with van der Waals surface area (Å²) in [4.78, 5) is 23.2.